The monoisotopic (exact) mass is 520 g/mol. The molecule has 4 rings (SSSR count). The zero-order valence-corrected chi connectivity index (χ0v) is 22.0. The van der Waals surface area contributed by atoms with Gasteiger partial charge in [-0.2, -0.15) is 11.3 Å². The number of amides is 3. The van der Waals surface area contributed by atoms with Crippen molar-refractivity contribution >= 4 is 35.3 Å². The second-order valence-electron chi connectivity index (χ2n) is 9.13. The molecule has 3 aromatic rings. The van der Waals surface area contributed by atoms with E-state index in [2.05, 4.69) is 11.9 Å². The predicted molar refractivity (Wildman–Crippen MR) is 143 cm³/mol. The number of aromatic nitrogens is 2. The molecule has 1 fully saturated rings. The minimum Gasteiger partial charge on any atom is -0.478 e. The molecule has 1 N–H and O–H groups in total. The van der Waals surface area contributed by atoms with E-state index in [9.17, 15) is 19.5 Å². The summed E-state index contributed by atoms with van der Waals surface area (Å²) in [6, 6.07) is 8.44. The van der Waals surface area contributed by atoms with Gasteiger partial charge < -0.3 is 9.67 Å². The van der Waals surface area contributed by atoms with Gasteiger partial charge in [-0.15, -0.1) is 0 Å². The number of carboxylic acids is 1. The molecule has 1 saturated heterocycles. The van der Waals surface area contributed by atoms with E-state index in [1.165, 1.54) is 4.90 Å². The van der Waals surface area contributed by atoms with Crippen LogP contribution in [0.3, 0.4) is 0 Å². The Hall–Kier alpha value is -3.72. The van der Waals surface area contributed by atoms with Crippen LogP contribution in [0.5, 0.6) is 0 Å². The summed E-state index contributed by atoms with van der Waals surface area (Å²) in [5.41, 5.74) is 3.21. The van der Waals surface area contributed by atoms with Gasteiger partial charge in [0.1, 0.15) is 11.5 Å². The highest BCUT2D eigenvalue weighted by molar-refractivity contribution is 7.07. The number of hydrogen-bond donors (Lipinski definition) is 1. The quantitative estimate of drug-likeness (QED) is 0.246. The van der Waals surface area contributed by atoms with E-state index in [-0.39, 0.29) is 17.5 Å². The molecule has 8 nitrogen and oxygen atoms in total. The first kappa shape index (κ1) is 26.3. The molecule has 3 amide bonds. The Kier molecular flexibility index (Phi) is 8.55. The molecule has 0 saturated carbocycles. The second-order valence-corrected chi connectivity index (χ2v) is 9.91. The Bertz CT molecular complexity index is 1280. The SMILES string of the molecule is CCCCc1ncc(C=C2C(=O)N(CCCC)C(=O)N2Cc2ccsc2)n1Cc1ccc(C(=O)O)cc1. The lowest BCUT2D eigenvalue weighted by molar-refractivity contribution is -0.123. The van der Waals surface area contributed by atoms with Crippen molar-refractivity contribution in [1.82, 2.24) is 19.4 Å². The number of aromatic carboxylic acids is 1. The lowest BCUT2D eigenvalue weighted by Crippen LogP contribution is -2.33. The fourth-order valence-corrected chi connectivity index (χ4v) is 4.96. The van der Waals surface area contributed by atoms with Crippen LogP contribution in [-0.2, 0) is 24.3 Å². The van der Waals surface area contributed by atoms with Crippen molar-refractivity contribution in [3.63, 3.8) is 0 Å². The lowest BCUT2D eigenvalue weighted by Gasteiger charge is -2.17. The first-order valence-electron chi connectivity index (χ1n) is 12.7. The van der Waals surface area contributed by atoms with Gasteiger partial charge in [0.05, 0.1) is 24.0 Å². The summed E-state index contributed by atoms with van der Waals surface area (Å²) < 4.78 is 2.05. The first-order valence-corrected chi connectivity index (χ1v) is 13.6. The molecule has 37 heavy (non-hydrogen) atoms. The van der Waals surface area contributed by atoms with Gasteiger partial charge in [-0.25, -0.2) is 14.6 Å². The van der Waals surface area contributed by atoms with Crippen molar-refractivity contribution in [2.75, 3.05) is 6.54 Å². The van der Waals surface area contributed by atoms with Gasteiger partial charge in [-0.1, -0.05) is 38.8 Å². The minimum atomic E-state index is -0.967. The van der Waals surface area contributed by atoms with Crippen molar-refractivity contribution in [2.24, 2.45) is 0 Å². The molecule has 0 aliphatic carbocycles. The average Bonchev–Trinajstić information content (AvgIpc) is 3.59. The topological polar surface area (TPSA) is 95.7 Å². The molecule has 0 unspecified atom stereocenters. The Morgan fingerprint density at radius 3 is 2.41 bits per heavy atom. The number of carboxylic acid groups (broad SMARTS) is 1. The summed E-state index contributed by atoms with van der Waals surface area (Å²) >= 11 is 1.56. The van der Waals surface area contributed by atoms with Crippen LogP contribution in [0, 0.1) is 0 Å². The van der Waals surface area contributed by atoms with E-state index in [1.807, 2.05) is 28.3 Å². The maximum atomic E-state index is 13.4. The van der Waals surface area contributed by atoms with E-state index < -0.39 is 5.97 Å². The van der Waals surface area contributed by atoms with Gasteiger partial charge in [-0.05, 0) is 59.0 Å². The summed E-state index contributed by atoms with van der Waals surface area (Å²) in [4.78, 5) is 45.5. The molecule has 0 spiro atoms. The molecule has 194 valence electrons. The number of rotatable bonds is 12. The standard InChI is InChI=1S/C28H32N4O4S/c1-3-5-7-25-29-16-23(31(25)17-20-8-10-22(11-9-20)27(34)35)15-24-26(33)30(13-6-4-2)28(36)32(24)18-21-12-14-37-19-21/h8-12,14-16,19H,3-7,13,17-18H2,1-2H3,(H,34,35). The first-order chi connectivity index (χ1) is 17.9. The summed E-state index contributed by atoms with van der Waals surface area (Å²) in [7, 11) is 0. The maximum absolute atomic E-state index is 13.4. The van der Waals surface area contributed by atoms with E-state index in [0.717, 1.165) is 54.7 Å². The molecule has 9 heteroatoms. The van der Waals surface area contributed by atoms with E-state index in [1.54, 1.807) is 52.8 Å². The third-order valence-corrected chi connectivity index (χ3v) is 7.15. The lowest BCUT2D eigenvalue weighted by atomic mass is 10.1. The maximum Gasteiger partial charge on any atom is 0.335 e. The number of hydrogen-bond acceptors (Lipinski definition) is 5. The number of nitrogens with zero attached hydrogens (tertiary/aromatic N) is 4. The van der Waals surface area contributed by atoms with Crippen molar-refractivity contribution < 1.29 is 19.5 Å². The highest BCUT2D eigenvalue weighted by Gasteiger charge is 2.40. The number of urea groups is 1. The highest BCUT2D eigenvalue weighted by atomic mass is 32.1. The molecule has 3 heterocycles. The van der Waals surface area contributed by atoms with Crippen molar-refractivity contribution in [2.45, 2.75) is 59.0 Å². The van der Waals surface area contributed by atoms with Gasteiger partial charge in [0.15, 0.2) is 0 Å². The minimum absolute atomic E-state index is 0.231. The predicted octanol–water partition coefficient (Wildman–Crippen LogP) is 5.64. The Balaban J connectivity index is 1.71. The molecule has 0 bridgehead atoms. The summed E-state index contributed by atoms with van der Waals surface area (Å²) in [5, 5.41) is 13.2. The van der Waals surface area contributed by atoms with Gasteiger partial charge in [0.25, 0.3) is 5.91 Å². The number of carbonyl (C=O) groups excluding carboxylic acids is 2. The molecule has 1 aliphatic heterocycles. The second kappa shape index (κ2) is 12.0. The highest BCUT2D eigenvalue weighted by Crippen LogP contribution is 2.27. The van der Waals surface area contributed by atoms with Crippen LogP contribution in [0.1, 0.15) is 72.5 Å². The van der Waals surface area contributed by atoms with Crippen molar-refractivity contribution in [3.05, 3.63) is 81.2 Å². The number of benzene rings is 1. The Morgan fingerprint density at radius 2 is 1.76 bits per heavy atom. The van der Waals surface area contributed by atoms with E-state index >= 15 is 0 Å². The number of thiophene rings is 1. The van der Waals surface area contributed by atoms with E-state index in [4.69, 9.17) is 0 Å². The van der Waals surface area contributed by atoms with Gasteiger partial charge >= 0.3 is 12.0 Å². The molecule has 0 radical (unpaired) electrons. The summed E-state index contributed by atoms with van der Waals surface area (Å²) in [6.07, 6.45) is 7.92. The summed E-state index contributed by atoms with van der Waals surface area (Å²) in [6.45, 7) is 5.35. The molecule has 2 aromatic heterocycles. The number of imide groups is 1. The smallest absolute Gasteiger partial charge is 0.335 e. The van der Waals surface area contributed by atoms with Crippen LogP contribution in [0.25, 0.3) is 6.08 Å². The third-order valence-electron chi connectivity index (χ3n) is 6.42. The molecular formula is C28H32N4O4S. The summed E-state index contributed by atoms with van der Waals surface area (Å²) in [5.74, 6) is -0.367. The number of carbonyl (C=O) groups is 3. The third kappa shape index (κ3) is 5.99. The van der Waals surface area contributed by atoms with Gasteiger partial charge in [0.2, 0.25) is 0 Å². The number of imidazole rings is 1. The molecular weight excluding hydrogens is 488 g/mol. The van der Waals surface area contributed by atoms with E-state index in [0.29, 0.717) is 25.3 Å². The van der Waals surface area contributed by atoms with Crippen LogP contribution in [0.15, 0.2) is 53.0 Å². The largest absolute Gasteiger partial charge is 0.478 e. The van der Waals surface area contributed by atoms with Crippen LogP contribution >= 0.6 is 11.3 Å². The Labute approximate surface area is 220 Å². The fraction of sp³-hybridized carbons (Fsp3) is 0.357. The average molecular weight is 521 g/mol. The zero-order valence-electron chi connectivity index (χ0n) is 21.2. The van der Waals surface area contributed by atoms with Crippen molar-refractivity contribution in [3.8, 4) is 0 Å². The van der Waals surface area contributed by atoms with Crippen LogP contribution in [0.4, 0.5) is 4.79 Å². The number of aryl methyl sites for hydroxylation is 1. The Morgan fingerprint density at radius 1 is 1.00 bits per heavy atom. The van der Waals surface area contributed by atoms with Crippen LogP contribution in [0.2, 0.25) is 0 Å². The zero-order chi connectivity index (χ0) is 26.4. The number of unbranched alkanes of at least 4 members (excludes halogenated alkanes) is 2. The van der Waals surface area contributed by atoms with Crippen LogP contribution < -0.4 is 0 Å². The van der Waals surface area contributed by atoms with Crippen LogP contribution in [-0.4, -0.2) is 48.9 Å². The fourth-order valence-electron chi connectivity index (χ4n) is 4.30. The molecule has 1 aromatic carbocycles. The van der Waals surface area contributed by atoms with Gasteiger partial charge in [0, 0.05) is 19.5 Å². The van der Waals surface area contributed by atoms with Gasteiger partial charge in [-0.3, -0.25) is 14.6 Å². The molecule has 0 atom stereocenters. The normalized spacial score (nSPS) is 14.8. The molecule has 1 aliphatic rings. The van der Waals surface area contributed by atoms with Crippen molar-refractivity contribution in [1.29, 1.82) is 0 Å².